The zero-order valence-corrected chi connectivity index (χ0v) is 19.5. The Hall–Kier alpha value is -2.75. The number of allylic oxidation sites excluding steroid dienone is 1. The Morgan fingerprint density at radius 3 is 2.52 bits per heavy atom. The predicted molar refractivity (Wildman–Crippen MR) is 123 cm³/mol. The van der Waals surface area contributed by atoms with Gasteiger partial charge in [-0.2, -0.15) is 9.30 Å². The van der Waals surface area contributed by atoms with E-state index in [0.717, 1.165) is 16.0 Å². The van der Waals surface area contributed by atoms with Crippen LogP contribution in [0.1, 0.15) is 24.2 Å². The molecule has 0 radical (unpaired) electrons. The van der Waals surface area contributed by atoms with Crippen LogP contribution in [0.3, 0.4) is 0 Å². The molecule has 1 aromatic heterocycles. The van der Waals surface area contributed by atoms with Crippen LogP contribution in [0.15, 0.2) is 65.0 Å². The van der Waals surface area contributed by atoms with E-state index < -0.39 is 15.9 Å². The standard InChI is InChI=1S/C22H25N3O4S2/c1-6-13-25-19-12-9-17(29-5)14-20(19)30-22(25)23-21(26)16-7-10-18(11-8-16)31(27,28)24(4)15(2)3/h6-12,14-15H,1,13H2,2-5H3. The van der Waals surface area contributed by atoms with Gasteiger partial charge in [-0.15, -0.1) is 6.58 Å². The van der Waals surface area contributed by atoms with Crippen LogP contribution in [0.4, 0.5) is 0 Å². The molecule has 0 aliphatic carbocycles. The van der Waals surface area contributed by atoms with Crippen molar-refractivity contribution < 1.29 is 17.9 Å². The van der Waals surface area contributed by atoms with Gasteiger partial charge in [0.2, 0.25) is 10.0 Å². The summed E-state index contributed by atoms with van der Waals surface area (Å²) in [4.78, 5) is 17.7. The Kier molecular flexibility index (Phi) is 6.78. The van der Waals surface area contributed by atoms with Crippen LogP contribution in [0.2, 0.25) is 0 Å². The first-order valence-corrected chi connectivity index (χ1v) is 11.9. The van der Waals surface area contributed by atoms with Gasteiger partial charge in [0.15, 0.2) is 4.80 Å². The van der Waals surface area contributed by atoms with Crippen molar-refractivity contribution in [1.29, 1.82) is 0 Å². The molecule has 9 heteroatoms. The molecule has 0 aliphatic heterocycles. The van der Waals surface area contributed by atoms with E-state index in [1.807, 2.05) is 22.8 Å². The normalized spacial score (nSPS) is 12.6. The number of fused-ring (bicyclic) bond motifs is 1. The third-order valence-electron chi connectivity index (χ3n) is 4.90. The van der Waals surface area contributed by atoms with Gasteiger partial charge < -0.3 is 9.30 Å². The van der Waals surface area contributed by atoms with E-state index in [9.17, 15) is 13.2 Å². The van der Waals surface area contributed by atoms with Crippen LogP contribution >= 0.6 is 11.3 Å². The molecular formula is C22H25N3O4S2. The molecule has 0 bridgehead atoms. The van der Waals surface area contributed by atoms with Gasteiger partial charge in [0.1, 0.15) is 5.75 Å². The van der Waals surface area contributed by atoms with E-state index in [-0.39, 0.29) is 10.9 Å². The van der Waals surface area contributed by atoms with E-state index in [4.69, 9.17) is 4.74 Å². The maximum absolute atomic E-state index is 12.8. The Morgan fingerprint density at radius 2 is 1.94 bits per heavy atom. The first-order valence-electron chi connectivity index (χ1n) is 9.64. The number of methoxy groups -OCH3 is 1. The molecular weight excluding hydrogens is 434 g/mol. The number of hydrogen-bond donors (Lipinski definition) is 0. The summed E-state index contributed by atoms with van der Waals surface area (Å²) >= 11 is 1.38. The number of sulfonamides is 1. The minimum absolute atomic E-state index is 0.135. The summed E-state index contributed by atoms with van der Waals surface area (Å²) in [5, 5.41) is 0. The van der Waals surface area contributed by atoms with E-state index in [0.29, 0.717) is 16.9 Å². The summed E-state index contributed by atoms with van der Waals surface area (Å²) < 4.78 is 34.6. The molecule has 0 saturated heterocycles. The molecule has 31 heavy (non-hydrogen) atoms. The average molecular weight is 460 g/mol. The summed E-state index contributed by atoms with van der Waals surface area (Å²) in [5.74, 6) is 0.276. The summed E-state index contributed by atoms with van der Waals surface area (Å²) in [7, 11) is -0.479. The molecule has 2 aromatic carbocycles. The second-order valence-corrected chi connectivity index (χ2v) is 10.2. The van der Waals surface area contributed by atoms with Crippen molar-refractivity contribution in [2.45, 2.75) is 31.3 Å². The molecule has 164 valence electrons. The Labute approximate surface area is 186 Å². The molecule has 0 unspecified atom stereocenters. The highest BCUT2D eigenvalue weighted by Crippen LogP contribution is 2.23. The lowest BCUT2D eigenvalue weighted by atomic mass is 10.2. The summed E-state index contributed by atoms with van der Waals surface area (Å²) in [6.07, 6.45) is 1.74. The first-order chi connectivity index (χ1) is 14.7. The molecule has 0 aliphatic rings. The quantitative estimate of drug-likeness (QED) is 0.505. The number of ether oxygens (including phenoxy) is 1. The van der Waals surface area contributed by atoms with Crippen LogP contribution < -0.4 is 9.54 Å². The molecule has 0 spiro atoms. The first kappa shape index (κ1) is 22.9. The van der Waals surface area contributed by atoms with Gasteiger partial charge in [-0.25, -0.2) is 8.42 Å². The van der Waals surface area contributed by atoms with Crippen molar-refractivity contribution in [1.82, 2.24) is 8.87 Å². The van der Waals surface area contributed by atoms with Crippen molar-refractivity contribution in [3.8, 4) is 5.75 Å². The maximum Gasteiger partial charge on any atom is 0.279 e. The number of rotatable bonds is 7. The van der Waals surface area contributed by atoms with E-state index in [1.165, 1.54) is 47.0 Å². The SMILES string of the molecule is C=CCn1c(=NC(=O)c2ccc(S(=O)(=O)N(C)C(C)C)cc2)sc2cc(OC)ccc21. The number of carbonyl (C=O) groups is 1. The van der Waals surface area contributed by atoms with Crippen LogP contribution in [-0.2, 0) is 16.6 Å². The monoisotopic (exact) mass is 459 g/mol. The zero-order valence-electron chi connectivity index (χ0n) is 17.9. The van der Waals surface area contributed by atoms with Gasteiger partial charge in [0.25, 0.3) is 5.91 Å². The molecule has 7 nitrogen and oxygen atoms in total. The number of carbonyl (C=O) groups excluding carboxylic acids is 1. The predicted octanol–water partition coefficient (Wildman–Crippen LogP) is 3.67. The second-order valence-electron chi connectivity index (χ2n) is 7.17. The fraction of sp³-hybridized carbons (Fsp3) is 0.273. The van der Waals surface area contributed by atoms with E-state index in [2.05, 4.69) is 11.6 Å². The number of aromatic nitrogens is 1. The van der Waals surface area contributed by atoms with Gasteiger partial charge in [-0.05, 0) is 56.3 Å². The minimum Gasteiger partial charge on any atom is -0.497 e. The third kappa shape index (κ3) is 4.63. The third-order valence-corrected chi connectivity index (χ3v) is 7.99. The molecule has 0 fully saturated rings. The minimum atomic E-state index is -3.61. The van der Waals surface area contributed by atoms with Crippen molar-refractivity contribution in [3.63, 3.8) is 0 Å². The smallest absolute Gasteiger partial charge is 0.279 e. The molecule has 1 amide bonds. The second kappa shape index (κ2) is 9.17. The molecule has 0 N–H and O–H groups in total. The fourth-order valence-electron chi connectivity index (χ4n) is 2.94. The van der Waals surface area contributed by atoms with Gasteiger partial charge in [-0.1, -0.05) is 17.4 Å². The number of amides is 1. The lowest BCUT2D eigenvalue weighted by molar-refractivity contribution is 0.0997. The summed E-state index contributed by atoms with van der Waals surface area (Å²) in [6.45, 7) is 7.88. The van der Waals surface area contributed by atoms with Gasteiger partial charge in [0.05, 0.1) is 22.2 Å². The lowest BCUT2D eigenvalue weighted by Gasteiger charge is -2.20. The van der Waals surface area contributed by atoms with Gasteiger partial charge in [-0.3, -0.25) is 4.79 Å². The van der Waals surface area contributed by atoms with Crippen LogP contribution in [-0.4, -0.2) is 43.4 Å². The molecule has 3 rings (SSSR count). The highest BCUT2D eigenvalue weighted by atomic mass is 32.2. The highest BCUT2D eigenvalue weighted by Gasteiger charge is 2.23. The van der Waals surface area contributed by atoms with Crippen LogP contribution in [0, 0.1) is 0 Å². The highest BCUT2D eigenvalue weighted by molar-refractivity contribution is 7.89. The number of thiazole rings is 1. The lowest BCUT2D eigenvalue weighted by Crippen LogP contribution is -2.33. The van der Waals surface area contributed by atoms with Gasteiger partial charge in [0, 0.05) is 25.2 Å². The Bertz CT molecular complexity index is 1290. The molecule has 0 atom stereocenters. The molecule has 0 saturated carbocycles. The summed E-state index contributed by atoms with van der Waals surface area (Å²) in [5.41, 5.74) is 1.24. The van der Waals surface area contributed by atoms with Gasteiger partial charge >= 0.3 is 0 Å². The van der Waals surface area contributed by atoms with E-state index in [1.54, 1.807) is 27.0 Å². The number of hydrogen-bond acceptors (Lipinski definition) is 5. The van der Waals surface area contributed by atoms with Crippen LogP contribution in [0.25, 0.3) is 10.2 Å². The maximum atomic E-state index is 12.8. The van der Waals surface area contributed by atoms with Crippen molar-refractivity contribution in [3.05, 3.63) is 65.5 Å². The Morgan fingerprint density at radius 1 is 1.26 bits per heavy atom. The van der Waals surface area contributed by atoms with Crippen molar-refractivity contribution >= 4 is 37.5 Å². The fourth-order valence-corrected chi connectivity index (χ4v) is 5.37. The number of benzene rings is 2. The Balaban J connectivity index is 1.99. The topological polar surface area (TPSA) is 81.0 Å². The molecule has 1 heterocycles. The number of nitrogens with zero attached hydrogens (tertiary/aromatic N) is 3. The van der Waals surface area contributed by atoms with E-state index >= 15 is 0 Å². The van der Waals surface area contributed by atoms with Crippen molar-refractivity contribution in [2.75, 3.05) is 14.2 Å². The van der Waals surface area contributed by atoms with Crippen molar-refractivity contribution in [2.24, 2.45) is 4.99 Å². The van der Waals surface area contributed by atoms with Crippen LogP contribution in [0.5, 0.6) is 5.75 Å². The zero-order chi connectivity index (χ0) is 22.8. The summed E-state index contributed by atoms with van der Waals surface area (Å²) in [6, 6.07) is 11.3. The average Bonchev–Trinajstić information content (AvgIpc) is 3.09. The largest absolute Gasteiger partial charge is 0.497 e. The molecule has 3 aromatic rings.